The third kappa shape index (κ3) is 7.32. The summed E-state index contributed by atoms with van der Waals surface area (Å²) in [7, 11) is -3.44. The van der Waals surface area contributed by atoms with Crippen LogP contribution in [0.1, 0.15) is 53.0 Å². The predicted molar refractivity (Wildman–Crippen MR) is 116 cm³/mol. The molecule has 0 aromatic heterocycles. The Morgan fingerprint density at radius 2 is 1.79 bits per heavy atom. The van der Waals surface area contributed by atoms with Crippen LogP contribution in [0.4, 0.5) is 0 Å². The van der Waals surface area contributed by atoms with E-state index in [2.05, 4.69) is 44.9 Å². The van der Waals surface area contributed by atoms with Gasteiger partial charge in [-0.1, -0.05) is 55.3 Å². The summed E-state index contributed by atoms with van der Waals surface area (Å²) < 4.78 is 26.2. The lowest BCUT2D eigenvalue weighted by Gasteiger charge is -2.36. The van der Waals surface area contributed by atoms with E-state index in [-0.39, 0.29) is 5.41 Å². The van der Waals surface area contributed by atoms with Crippen molar-refractivity contribution in [3.63, 3.8) is 0 Å². The van der Waals surface area contributed by atoms with Gasteiger partial charge in [-0.15, -0.1) is 0 Å². The summed E-state index contributed by atoms with van der Waals surface area (Å²) in [6, 6.07) is 12.7. The molecule has 5 heteroatoms. The summed E-state index contributed by atoms with van der Waals surface area (Å²) in [5, 5.41) is 0. The minimum absolute atomic E-state index is 0.150. The molecule has 0 spiro atoms. The molecular formula is C23H32NO3P. The van der Waals surface area contributed by atoms with Crippen LogP contribution >= 0.6 is 7.75 Å². The van der Waals surface area contributed by atoms with E-state index < -0.39 is 7.75 Å². The van der Waals surface area contributed by atoms with Crippen LogP contribution in [0.3, 0.4) is 0 Å². The monoisotopic (exact) mass is 401 g/mol. The first-order valence-corrected chi connectivity index (χ1v) is 11.2. The van der Waals surface area contributed by atoms with E-state index in [0.717, 1.165) is 18.4 Å². The van der Waals surface area contributed by atoms with Crippen molar-refractivity contribution in [2.24, 2.45) is 5.41 Å². The minimum Gasteiger partial charge on any atom is -0.291 e. The van der Waals surface area contributed by atoms with Gasteiger partial charge in [-0.2, -0.15) is 0 Å². The molecule has 1 fully saturated rings. The molecule has 0 aliphatic carbocycles. The third-order valence-electron chi connectivity index (χ3n) is 4.34. The van der Waals surface area contributed by atoms with Crippen LogP contribution in [0.2, 0.25) is 0 Å². The molecule has 0 unspecified atom stereocenters. The predicted octanol–water partition coefficient (Wildman–Crippen LogP) is 6.17. The smallest absolute Gasteiger partial charge is 0.291 e. The van der Waals surface area contributed by atoms with Gasteiger partial charge in [-0.25, -0.2) is 9.24 Å². The van der Waals surface area contributed by atoms with E-state index in [1.807, 2.05) is 44.2 Å². The number of hydrogen-bond donors (Lipinski definition) is 0. The topological polar surface area (TPSA) is 38.8 Å². The second-order valence-corrected chi connectivity index (χ2v) is 10.2. The lowest BCUT2D eigenvalue weighted by molar-refractivity contribution is 0.0278. The Balaban J connectivity index is 2.16. The molecule has 4 nitrogen and oxygen atoms in total. The highest BCUT2D eigenvalue weighted by Crippen LogP contribution is 2.56. The molecule has 0 N–H and O–H groups in total. The molecule has 152 valence electrons. The molecular weight excluding hydrogens is 369 g/mol. The molecule has 1 saturated heterocycles. The summed E-state index contributed by atoms with van der Waals surface area (Å²) >= 11 is 0. The summed E-state index contributed by atoms with van der Waals surface area (Å²) in [5.41, 5.74) is 3.26. The van der Waals surface area contributed by atoms with E-state index in [1.165, 1.54) is 15.8 Å². The lowest BCUT2D eigenvalue weighted by atomic mass is 9.97. The summed E-state index contributed by atoms with van der Waals surface area (Å²) in [5.74, 6) is 3.07. The van der Waals surface area contributed by atoms with Gasteiger partial charge in [0, 0.05) is 17.0 Å². The van der Waals surface area contributed by atoms with E-state index in [0.29, 0.717) is 19.8 Å². The minimum atomic E-state index is -3.44. The quantitative estimate of drug-likeness (QED) is 0.247. The molecule has 1 aliphatic heterocycles. The Labute approximate surface area is 170 Å². The maximum absolute atomic E-state index is 13.3. The van der Waals surface area contributed by atoms with E-state index in [1.54, 1.807) is 0 Å². The highest BCUT2D eigenvalue weighted by molar-refractivity contribution is 7.51. The largest absolute Gasteiger partial charge is 0.442 e. The Morgan fingerprint density at radius 3 is 2.39 bits per heavy atom. The Morgan fingerprint density at radius 1 is 1.14 bits per heavy atom. The van der Waals surface area contributed by atoms with Gasteiger partial charge in [0.15, 0.2) is 0 Å². The maximum Gasteiger partial charge on any atom is 0.442 e. The van der Waals surface area contributed by atoms with Crippen LogP contribution in [0.25, 0.3) is 0 Å². The lowest BCUT2D eigenvalue weighted by Crippen LogP contribution is -2.33. The van der Waals surface area contributed by atoms with E-state index in [4.69, 9.17) is 9.05 Å². The van der Waals surface area contributed by atoms with Crippen molar-refractivity contribution in [2.75, 3.05) is 19.8 Å². The fourth-order valence-corrected chi connectivity index (χ4v) is 4.35. The van der Waals surface area contributed by atoms with Gasteiger partial charge in [0.05, 0.1) is 19.8 Å². The summed E-state index contributed by atoms with van der Waals surface area (Å²) in [6.45, 7) is 11.5. The van der Waals surface area contributed by atoms with Gasteiger partial charge in [0.2, 0.25) is 0 Å². The van der Waals surface area contributed by atoms with Crippen LogP contribution in [0.5, 0.6) is 0 Å². The average Bonchev–Trinajstić information content (AvgIpc) is 2.65. The van der Waals surface area contributed by atoms with E-state index in [9.17, 15) is 4.57 Å². The number of hydrogen-bond acceptors (Lipinski definition) is 3. The van der Waals surface area contributed by atoms with Crippen molar-refractivity contribution in [1.29, 1.82) is 0 Å². The Bertz CT molecular complexity index is 797. The third-order valence-corrected chi connectivity index (χ3v) is 6.11. The van der Waals surface area contributed by atoms with Gasteiger partial charge in [-0.05, 0) is 51.7 Å². The Kier molecular flexibility index (Phi) is 8.13. The first-order valence-electron chi connectivity index (χ1n) is 9.73. The van der Waals surface area contributed by atoms with Crippen molar-refractivity contribution in [3.8, 4) is 12.0 Å². The van der Waals surface area contributed by atoms with Crippen molar-refractivity contribution >= 4 is 7.75 Å². The molecule has 1 aromatic carbocycles. The summed E-state index contributed by atoms with van der Waals surface area (Å²) in [4.78, 5) is 0. The number of rotatable bonds is 6. The van der Waals surface area contributed by atoms with Crippen molar-refractivity contribution in [3.05, 3.63) is 59.2 Å². The van der Waals surface area contributed by atoms with Crippen molar-refractivity contribution in [2.45, 2.75) is 47.5 Å². The normalized spacial score (nSPS) is 18.0. The van der Waals surface area contributed by atoms with Crippen molar-refractivity contribution < 1.29 is 13.6 Å². The standard InChI is InChI=1S/C23H32NO3P/c1-20(2)10-9-11-21(3)14-16-24(17-15-22-12-7-6-8-13-22)28(25)26-18-23(4,5)19-27-28/h6-8,10,12-14H,9,11,16,18-19H2,1-5H3/b21-14+. The highest BCUT2D eigenvalue weighted by Gasteiger charge is 2.40. The Hall–Kier alpha value is -1.79. The van der Waals surface area contributed by atoms with Gasteiger partial charge < -0.3 is 0 Å². The first-order chi connectivity index (χ1) is 13.2. The zero-order chi connectivity index (χ0) is 20.6. The molecule has 1 aliphatic rings. The number of benzene rings is 1. The van der Waals surface area contributed by atoms with Gasteiger partial charge in [0.25, 0.3) is 0 Å². The van der Waals surface area contributed by atoms with Crippen LogP contribution in [0.15, 0.2) is 53.6 Å². The molecule has 0 atom stereocenters. The van der Waals surface area contributed by atoms with Crippen LogP contribution in [-0.4, -0.2) is 24.4 Å². The molecule has 0 radical (unpaired) electrons. The average molecular weight is 401 g/mol. The molecule has 28 heavy (non-hydrogen) atoms. The molecule has 2 rings (SSSR count). The fourth-order valence-electron chi connectivity index (χ4n) is 2.52. The summed E-state index contributed by atoms with van der Waals surface area (Å²) in [6.07, 6.45) is 6.25. The van der Waals surface area contributed by atoms with Gasteiger partial charge >= 0.3 is 7.75 Å². The van der Waals surface area contributed by atoms with Crippen molar-refractivity contribution in [1.82, 2.24) is 4.67 Å². The maximum atomic E-state index is 13.3. The zero-order valence-corrected chi connectivity index (χ0v) is 18.6. The second-order valence-electron chi connectivity index (χ2n) is 8.24. The first kappa shape index (κ1) is 22.5. The number of nitrogens with zero attached hydrogens (tertiary/aromatic N) is 1. The molecule has 1 heterocycles. The van der Waals surface area contributed by atoms with Crippen LogP contribution in [0, 0.1) is 17.4 Å². The van der Waals surface area contributed by atoms with Crippen LogP contribution in [-0.2, 0) is 13.6 Å². The zero-order valence-electron chi connectivity index (χ0n) is 17.7. The van der Waals surface area contributed by atoms with E-state index >= 15 is 0 Å². The van der Waals surface area contributed by atoms with Crippen LogP contribution < -0.4 is 0 Å². The highest BCUT2D eigenvalue weighted by atomic mass is 31.2. The fraction of sp³-hybridized carbons (Fsp3) is 0.478. The van der Waals surface area contributed by atoms with Gasteiger partial charge in [-0.3, -0.25) is 9.05 Å². The SMILES string of the molecule is CC(C)=CCC/C(C)=C/CN(C#Cc1ccccc1)P1(=O)OCC(C)(C)CO1. The second kappa shape index (κ2) is 10.1. The number of allylic oxidation sites excluding steroid dienone is 3. The van der Waals surface area contributed by atoms with Gasteiger partial charge in [0.1, 0.15) is 0 Å². The molecule has 0 bridgehead atoms. The molecule has 1 aromatic rings. The molecule has 0 amide bonds. The molecule has 0 saturated carbocycles.